The standard InChI is InChI=1S/C18H19ClN4O3S/c1-3-23-17(14-9-6-10-26-14)21-22-18(23)27-11-15(24)20-13-8-5-7-12(19)16(13)25-4-2/h5-10H,3-4,11H2,1-2H3,(H,20,24). The minimum Gasteiger partial charge on any atom is -0.490 e. The molecule has 9 heteroatoms. The van der Waals surface area contributed by atoms with Crippen LogP contribution < -0.4 is 10.1 Å². The largest absolute Gasteiger partial charge is 0.490 e. The van der Waals surface area contributed by atoms with Crippen molar-refractivity contribution in [3.63, 3.8) is 0 Å². The number of nitrogens with zero attached hydrogens (tertiary/aromatic N) is 3. The molecule has 0 aliphatic carbocycles. The molecule has 0 atom stereocenters. The van der Waals surface area contributed by atoms with Gasteiger partial charge in [-0.25, -0.2) is 0 Å². The molecule has 27 heavy (non-hydrogen) atoms. The summed E-state index contributed by atoms with van der Waals surface area (Å²) in [6.45, 7) is 4.96. The van der Waals surface area contributed by atoms with Crippen LogP contribution in [0.3, 0.4) is 0 Å². The quantitative estimate of drug-likeness (QED) is 0.560. The van der Waals surface area contributed by atoms with E-state index in [1.54, 1.807) is 30.5 Å². The number of para-hydroxylation sites is 1. The number of hydrogen-bond acceptors (Lipinski definition) is 6. The maximum absolute atomic E-state index is 12.4. The van der Waals surface area contributed by atoms with Gasteiger partial charge in [-0.15, -0.1) is 10.2 Å². The summed E-state index contributed by atoms with van der Waals surface area (Å²) < 4.78 is 12.8. The van der Waals surface area contributed by atoms with E-state index in [2.05, 4.69) is 15.5 Å². The number of halogens is 1. The molecule has 0 unspecified atom stereocenters. The predicted octanol–water partition coefficient (Wildman–Crippen LogP) is 4.34. The Morgan fingerprint density at radius 2 is 2.15 bits per heavy atom. The Bertz CT molecular complexity index is 911. The van der Waals surface area contributed by atoms with Crippen molar-refractivity contribution in [3.05, 3.63) is 41.6 Å². The molecule has 7 nitrogen and oxygen atoms in total. The Morgan fingerprint density at radius 1 is 1.30 bits per heavy atom. The lowest BCUT2D eigenvalue weighted by Gasteiger charge is -2.12. The zero-order valence-corrected chi connectivity index (χ0v) is 16.5. The van der Waals surface area contributed by atoms with Crippen molar-refractivity contribution in [3.8, 4) is 17.3 Å². The normalized spacial score (nSPS) is 10.8. The molecule has 0 radical (unpaired) electrons. The van der Waals surface area contributed by atoms with E-state index >= 15 is 0 Å². The number of rotatable bonds is 8. The van der Waals surface area contributed by atoms with Crippen molar-refractivity contribution in [2.24, 2.45) is 0 Å². The number of carbonyl (C=O) groups is 1. The molecule has 3 rings (SSSR count). The zero-order valence-electron chi connectivity index (χ0n) is 14.9. The van der Waals surface area contributed by atoms with E-state index in [4.69, 9.17) is 20.8 Å². The fourth-order valence-corrected chi connectivity index (χ4v) is 3.51. The molecule has 1 N–H and O–H groups in total. The lowest BCUT2D eigenvalue weighted by atomic mass is 10.3. The molecule has 0 fully saturated rings. The van der Waals surface area contributed by atoms with Gasteiger partial charge >= 0.3 is 0 Å². The first-order chi connectivity index (χ1) is 13.1. The summed E-state index contributed by atoms with van der Waals surface area (Å²) in [4.78, 5) is 12.4. The van der Waals surface area contributed by atoms with Crippen LogP contribution in [0.4, 0.5) is 5.69 Å². The van der Waals surface area contributed by atoms with Gasteiger partial charge in [0.1, 0.15) is 0 Å². The third kappa shape index (κ3) is 4.45. The van der Waals surface area contributed by atoms with Crippen LogP contribution in [0.15, 0.2) is 46.2 Å². The number of ether oxygens (including phenoxy) is 1. The lowest BCUT2D eigenvalue weighted by Crippen LogP contribution is -2.15. The van der Waals surface area contributed by atoms with Crippen molar-refractivity contribution >= 4 is 35.0 Å². The highest BCUT2D eigenvalue weighted by Crippen LogP contribution is 2.33. The van der Waals surface area contributed by atoms with E-state index in [0.29, 0.717) is 46.4 Å². The lowest BCUT2D eigenvalue weighted by molar-refractivity contribution is -0.113. The van der Waals surface area contributed by atoms with E-state index in [1.807, 2.05) is 24.5 Å². The molecule has 1 aromatic carbocycles. The first-order valence-corrected chi connectivity index (χ1v) is 9.81. The van der Waals surface area contributed by atoms with Gasteiger partial charge in [0, 0.05) is 6.54 Å². The number of furan rings is 1. The van der Waals surface area contributed by atoms with Gasteiger partial charge in [-0.05, 0) is 38.1 Å². The Morgan fingerprint density at radius 3 is 2.85 bits per heavy atom. The van der Waals surface area contributed by atoms with Crippen LogP contribution in [0.25, 0.3) is 11.6 Å². The Balaban J connectivity index is 1.68. The summed E-state index contributed by atoms with van der Waals surface area (Å²) in [7, 11) is 0. The van der Waals surface area contributed by atoms with Gasteiger partial charge < -0.3 is 14.5 Å². The molecule has 0 aliphatic heterocycles. The molecule has 2 aromatic heterocycles. The number of aromatic nitrogens is 3. The highest BCUT2D eigenvalue weighted by atomic mass is 35.5. The third-order valence-corrected chi connectivity index (χ3v) is 4.90. The summed E-state index contributed by atoms with van der Waals surface area (Å²) in [6.07, 6.45) is 1.59. The van der Waals surface area contributed by atoms with E-state index in [1.165, 1.54) is 11.8 Å². The van der Waals surface area contributed by atoms with Crippen LogP contribution in [0.2, 0.25) is 5.02 Å². The van der Waals surface area contributed by atoms with Gasteiger partial charge in [0.15, 0.2) is 22.5 Å². The number of amides is 1. The number of anilines is 1. The van der Waals surface area contributed by atoms with Crippen molar-refractivity contribution in [2.75, 3.05) is 17.7 Å². The first kappa shape index (κ1) is 19.3. The molecular formula is C18H19ClN4O3S. The maximum atomic E-state index is 12.4. The molecule has 0 aliphatic rings. The van der Waals surface area contributed by atoms with Crippen LogP contribution in [0, 0.1) is 0 Å². The second-order valence-electron chi connectivity index (χ2n) is 5.41. The molecular weight excluding hydrogens is 388 g/mol. The van der Waals surface area contributed by atoms with Crippen LogP contribution >= 0.6 is 23.4 Å². The van der Waals surface area contributed by atoms with Gasteiger partial charge in [0.05, 0.1) is 29.3 Å². The molecule has 2 heterocycles. The van der Waals surface area contributed by atoms with Gasteiger partial charge in [-0.3, -0.25) is 9.36 Å². The molecule has 0 saturated carbocycles. The van der Waals surface area contributed by atoms with E-state index in [0.717, 1.165) is 0 Å². The number of hydrogen-bond donors (Lipinski definition) is 1. The van der Waals surface area contributed by atoms with Crippen molar-refractivity contribution < 1.29 is 13.9 Å². The Hall–Kier alpha value is -2.45. The number of carbonyl (C=O) groups excluding carboxylic acids is 1. The van der Waals surface area contributed by atoms with Gasteiger partial charge in [-0.2, -0.15) is 0 Å². The second kappa shape index (κ2) is 8.96. The van der Waals surface area contributed by atoms with Crippen molar-refractivity contribution in [2.45, 2.75) is 25.5 Å². The summed E-state index contributed by atoms with van der Waals surface area (Å²) in [5.41, 5.74) is 0.545. The summed E-state index contributed by atoms with van der Waals surface area (Å²) in [6, 6.07) is 8.85. The summed E-state index contributed by atoms with van der Waals surface area (Å²) in [5, 5.41) is 12.3. The Kier molecular flexibility index (Phi) is 6.41. The molecule has 0 bridgehead atoms. The minimum absolute atomic E-state index is 0.175. The van der Waals surface area contributed by atoms with Gasteiger partial charge in [0.25, 0.3) is 0 Å². The number of nitrogens with one attached hydrogen (secondary N) is 1. The summed E-state index contributed by atoms with van der Waals surface area (Å²) in [5.74, 6) is 1.74. The van der Waals surface area contributed by atoms with Crippen LogP contribution in [-0.2, 0) is 11.3 Å². The van der Waals surface area contributed by atoms with Crippen LogP contribution in [-0.4, -0.2) is 33.0 Å². The van der Waals surface area contributed by atoms with E-state index < -0.39 is 0 Å². The highest BCUT2D eigenvalue weighted by Gasteiger charge is 2.17. The fourth-order valence-electron chi connectivity index (χ4n) is 2.48. The van der Waals surface area contributed by atoms with E-state index in [9.17, 15) is 4.79 Å². The molecule has 3 aromatic rings. The zero-order chi connectivity index (χ0) is 19.2. The SMILES string of the molecule is CCOc1c(Cl)cccc1NC(=O)CSc1nnc(-c2ccco2)n1CC. The Labute approximate surface area is 166 Å². The van der Waals surface area contributed by atoms with Gasteiger partial charge in [-0.1, -0.05) is 29.4 Å². The predicted molar refractivity (Wildman–Crippen MR) is 105 cm³/mol. The highest BCUT2D eigenvalue weighted by molar-refractivity contribution is 7.99. The smallest absolute Gasteiger partial charge is 0.234 e. The van der Waals surface area contributed by atoms with Crippen molar-refractivity contribution in [1.29, 1.82) is 0 Å². The molecule has 0 spiro atoms. The second-order valence-corrected chi connectivity index (χ2v) is 6.76. The number of benzene rings is 1. The number of thioether (sulfide) groups is 1. The molecule has 1 amide bonds. The topological polar surface area (TPSA) is 82.2 Å². The average molecular weight is 407 g/mol. The molecule has 142 valence electrons. The molecule has 0 saturated heterocycles. The fraction of sp³-hybridized carbons (Fsp3) is 0.278. The minimum atomic E-state index is -0.187. The van der Waals surface area contributed by atoms with Gasteiger partial charge in [0.2, 0.25) is 5.91 Å². The monoisotopic (exact) mass is 406 g/mol. The average Bonchev–Trinajstić information content (AvgIpc) is 3.31. The third-order valence-electron chi connectivity index (χ3n) is 3.64. The summed E-state index contributed by atoms with van der Waals surface area (Å²) >= 11 is 7.45. The van der Waals surface area contributed by atoms with Crippen molar-refractivity contribution in [1.82, 2.24) is 14.8 Å². The first-order valence-electron chi connectivity index (χ1n) is 8.45. The van der Waals surface area contributed by atoms with E-state index in [-0.39, 0.29) is 11.7 Å². The van der Waals surface area contributed by atoms with Crippen LogP contribution in [0.5, 0.6) is 5.75 Å². The van der Waals surface area contributed by atoms with Crippen LogP contribution in [0.1, 0.15) is 13.8 Å². The maximum Gasteiger partial charge on any atom is 0.234 e.